The lowest BCUT2D eigenvalue weighted by Crippen LogP contribution is -2.11. The molecule has 1 aromatic heterocycles. The largest absolute Gasteiger partial charge is 0.492 e. The zero-order valence-corrected chi connectivity index (χ0v) is 10.8. The number of pyridine rings is 1. The van der Waals surface area contributed by atoms with Gasteiger partial charge in [0.05, 0.1) is 0 Å². The average molecular weight is 256 g/mol. The van der Waals surface area contributed by atoms with E-state index in [9.17, 15) is 4.79 Å². The number of benzene rings is 1. The van der Waals surface area contributed by atoms with Crippen LogP contribution in [0, 0.1) is 6.92 Å². The normalized spacial score (nSPS) is 9.95. The smallest absolute Gasteiger partial charge is 0.150 e. The average Bonchev–Trinajstić information content (AvgIpc) is 2.44. The molecule has 19 heavy (non-hydrogen) atoms. The van der Waals surface area contributed by atoms with E-state index < -0.39 is 0 Å². The van der Waals surface area contributed by atoms with E-state index in [2.05, 4.69) is 10.3 Å². The van der Waals surface area contributed by atoms with Gasteiger partial charge >= 0.3 is 0 Å². The number of carbonyl (C=O) groups excluding carboxylic acids is 1. The van der Waals surface area contributed by atoms with Crippen molar-refractivity contribution in [3.05, 3.63) is 53.9 Å². The Balaban J connectivity index is 1.82. The Labute approximate surface area is 112 Å². The molecular weight excluding hydrogens is 240 g/mol. The van der Waals surface area contributed by atoms with E-state index >= 15 is 0 Å². The Hall–Kier alpha value is -2.36. The maximum absolute atomic E-state index is 10.8. The summed E-state index contributed by atoms with van der Waals surface area (Å²) in [6.07, 6.45) is 4.30. The number of aromatic nitrogens is 1. The summed E-state index contributed by atoms with van der Waals surface area (Å²) in [4.78, 5) is 14.7. The third-order valence-electron chi connectivity index (χ3n) is 2.59. The van der Waals surface area contributed by atoms with Crippen molar-refractivity contribution in [2.24, 2.45) is 0 Å². The first-order valence-corrected chi connectivity index (χ1v) is 6.11. The second-order valence-corrected chi connectivity index (χ2v) is 4.21. The molecule has 0 saturated heterocycles. The van der Waals surface area contributed by atoms with Crippen molar-refractivity contribution >= 4 is 12.0 Å². The van der Waals surface area contributed by atoms with Crippen molar-refractivity contribution < 1.29 is 9.53 Å². The molecule has 1 heterocycles. The molecular formula is C15H16N2O2. The molecule has 98 valence electrons. The minimum atomic E-state index is 0.532. The van der Waals surface area contributed by atoms with Gasteiger partial charge in [-0.1, -0.05) is 0 Å². The van der Waals surface area contributed by atoms with Crippen LogP contribution in [-0.2, 0) is 0 Å². The standard InChI is InChI=1S/C15H16N2O2/c1-12-8-13(11-18)10-15(9-12)19-7-6-17-14-2-4-16-5-3-14/h2-5,8-11H,6-7H2,1H3,(H,16,17). The highest BCUT2D eigenvalue weighted by Gasteiger charge is 1.99. The Bertz CT molecular complexity index is 541. The number of hydrogen-bond acceptors (Lipinski definition) is 4. The third-order valence-corrected chi connectivity index (χ3v) is 2.59. The summed E-state index contributed by atoms with van der Waals surface area (Å²) in [7, 11) is 0. The van der Waals surface area contributed by atoms with Gasteiger partial charge in [0, 0.05) is 30.2 Å². The lowest BCUT2D eigenvalue weighted by Gasteiger charge is -2.09. The molecule has 0 aliphatic carbocycles. The molecule has 0 aliphatic rings. The van der Waals surface area contributed by atoms with Crippen molar-refractivity contribution in [3.8, 4) is 5.75 Å². The monoisotopic (exact) mass is 256 g/mol. The third kappa shape index (κ3) is 4.10. The number of aryl methyl sites for hydroxylation is 1. The van der Waals surface area contributed by atoms with E-state index in [1.807, 2.05) is 31.2 Å². The summed E-state index contributed by atoms with van der Waals surface area (Å²) in [5.41, 5.74) is 2.66. The van der Waals surface area contributed by atoms with Gasteiger partial charge in [0.25, 0.3) is 0 Å². The molecule has 4 nitrogen and oxygen atoms in total. The number of ether oxygens (including phenoxy) is 1. The summed E-state index contributed by atoms with van der Waals surface area (Å²) < 4.78 is 5.61. The molecule has 0 amide bonds. The molecule has 0 fully saturated rings. The van der Waals surface area contributed by atoms with Crippen LogP contribution in [0.2, 0.25) is 0 Å². The SMILES string of the molecule is Cc1cc(C=O)cc(OCCNc2ccncc2)c1. The fraction of sp³-hybridized carbons (Fsp3) is 0.200. The Morgan fingerprint density at radius 3 is 2.79 bits per heavy atom. The summed E-state index contributed by atoms with van der Waals surface area (Å²) >= 11 is 0. The van der Waals surface area contributed by atoms with Crippen molar-refractivity contribution in [2.75, 3.05) is 18.5 Å². The molecule has 0 atom stereocenters. The fourth-order valence-electron chi connectivity index (χ4n) is 1.76. The lowest BCUT2D eigenvalue weighted by molar-refractivity contribution is 0.112. The van der Waals surface area contributed by atoms with Gasteiger partial charge in [-0.3, -0.25) is 9.78 Å². The summed E-state index contributed by atoms with van der Waals surface area (Å²) in [5.74, 6) is 0.721. The molecule has 2 rings (SSSR count). The molecule has 1 N–H and O–H groups in total. The molecule has 0 bridgehead atoms. The summed E-state index contributed by atoms with van der Waals surface area (Å²) in [6, 6.07) is 9.29. The Morgan fingerprint density at radius 1 is 1.26 bits per heavy atom. The first-order valence-electron chi connectivity index (χ1n) is 6.11. The van der Waals surface area contributed by atoms with Crippen LogP contribution in [-0.4, -0.2) is 24.4 Å². The van der Waals surface area contributed by atoms with E-state index in [4.69, 9.17) is 4.74 Å². The van der Waals surface area contributed by atoms with Crippen LogP contribution in [0.4, 0.5) is 5.69 Å². The number of nitrogens with zero attached hydrogens (tertiary/aromatic N) is 1. The van der Waals surface area contributed by atoms with E-state index in [1.165, 1.54) is 0 Å². The van der Waals surface area contributed by atoms with Crippen molar-refractivity contribution in [3.63, 3.8) is 0 Å². The maximum atomic E-state index is 10.8. The van der Waals surface area contributed by atoms with E-state index in [-0.39, 0.29) is 0 Å². The van der Waals surface area contributed by atoms with Crippen LogP contribution < -0.4 is 10.1 Å². The van der Waals surface area contributed by atoms with Crippen molar-refractivity contribution in [1.82, 2.24) is 4.98 Å². The number of rotatable bonds is 6. The zero-order chi connectivity index (χ0) is 13.5. The van der Waals surface area contributed by atoms with E-state index in [0.717, 1.165) is 23.3 Å². The van der Waals surface area contributed by atoms with Crippen LogP contribution >= 0.6 is 0 Å². The summed E-state index contributed by atoms with van der Waals surface area (Å²) in [5, 5.41) is 3.22. The van der Waals surface area contributed by atoms with Gasteiger partial charge in [-0.05, 0) is 42.8 Å². The number of anilines is 1. The molecule has 0 radical (unpaired) electrons. The first-order chi connectivity index (χ1) is 9.28. The van der Waals surface area contributed by atoms with Gasteiger partial charge in [-0.25, -0.2) is 0 Å². The molecule has 2 aromatic rings. The number of hydrogen-bond donors (Lipinski definition) is 1. The zero-order valence-electron chi connectivity index (χ0n) is 10.8. The fourth-order valence-corrected chi connectivity index (χ4v) is 1.76. The quantitative estimate of drug-likeness (QED) is 0.637. The second kappa shape index (κ2) is 6.54. The number of carbonyl (C=O) groups is 1. The molecule has 4 heteroatoms. The number of aldehydes is 1. The second-order valence-electron chi connectivity index (χ2n) is 4.21. The van der Waals surface area contributed by atoms with Crippen LogP contribution in [0.5, 0.6) is 5.75 Å². The van der Waals surface area contributed by atoms with Gasteiger partial charge in [0.1, 0.15) is 18.6 Å². The highest BCUT2D eigenvalue weighted by atomic mass is 16.5. The first kappa shape index (κ1) is 13.1. The predicted molar refractivity (Wildman–Crippen MR) is 74.8 cm³/mol. The van der Waals surface area contributed by atoms with Gasteiger partial charge < -0.3 is 10.1 Å². The summed E-state index contributed by atoms with van der Waals surface area (Å²) in [6.45, 7) is 3.16. The molecule has 1 aromatic carbocycles. The molecule has 0 saturated carbocycles. The molecule has 0 aliphatic heterocycles. The van der Waals surface area contributed by atoms with Crippen molar-refractivity contribution in [2.45, 2.75) is 6.92 Å². The highest BCUT2D eigenvalue weighted by molar-refractivity contribution is 5.76. The number of nitrogens with one attached hydrogen (secondary N) is 1. The minimum Gasteiger partial charge on any atom is -0.492 e. The lowest BCUT2D eigenvalue weighted by atomic mass is 10.1. The van der Waals surface area contributed by atoms with Crippen LogP contribution in [0.1, 0.15) is 15.9 Å². The van der Waals surface area contributed by atoms with E-state index in [1.54, 1.807) is 18.5 Å². The predicted octanol–water partition coefficient (Wildman–Crippen LogP) is 2.69. The topological polar surface area (TPSA) is 51.2 Å². The minimum absolute atomic E-state index is 0.532. The molecule has 0 spiro atoms. The Morgan fingerprint density at radius 2 is 2.05 bits per heavy atom. The maximum Gasteiger partial charge on any atom is 0.150 e. The highest BCUT2D eigenvalue weighted by Crippen LogP contribution is 2.15. The van der Waals surface area contributed by atoms with Crippen molar-refractivity contribution in [1.29, 1.82) is 0 Å². The molecule has 0 unspecified atom stereocenters. The van der Waals surface area contributed by atoms with E-state index in [0.29, 0.717) is 18.7 Å². The van der Waals surface area contributed by atoms with Crippen LogP contribution in [0.25, 0.3) is 0 Å². The Kier molecular flexibility index (Phi) is 4.50. The van der Waals surface area contributed by atoms with Crippen LogP contribution in [0.3, 0.4) is 0 Å². The van der Waals surface area contributed by atoms with Gasteiger partial charge in [-0.15, -0.1) is 0 Å². The van der Waals surface area contributed by atoms with Gasteiger partial charge in [0.15, 0.2) is 0 Å². The van der Waals surface area contributed by atoms with Crippen LogP contribution in [0.15, 0.2) is 42.7 Å². The van der Waals surface area contributed by atoms with Gasteiger partial charge in [-0.2, -0.15) is 0 Å². The van der Waals surface area contributed by atoms with Gasteiger partial charge in [0.2, 0.25) is 0 Å².